The minimum absolute atomic E-state index is 0.0314. The molecule has 1 unspecified atom stereocenters. The summed E-state index contributed by atoms with van der Waals surface area (Å²) in [4.78, 5) is 18.2. The van der Waals surface area contributed by atoms with Crippen molar-refractivity contribution in [2.24, 2.45) is 7.05 Å². The molecular formula is C25H32N4O. The summed E-state index contributed by atoms with van der Waals surface area (Å²) in [5.41, 5.74) is 5.89. The molecule has 0 radical (unpaired) electrons. The zero-order valence-electron chi connectivity index (χ0n) is 18.9. The molecule has 0 aliphatic heterocycles. The Morgan fingerprint density at radius 1 is 1.23 bits per heavy atom. The fourth-order valence-electron chi connectivity index (χ4n) is 4.10. The van der Waals surface area contributed by atoms with E-state index in [9.17, 15) is 4.79 Å². The third-order valence-electron chi connectivity index (χ3n) is 6.12. The maximum absolute atomic E-state index is 13.4. The Morgan fingerprint density at radius 2 is 1.90 bits per heavy atom. The van der Waals surface area contributed by atoms with Gasteiger partial charge in [0.25, 0.3) is 5.91 Å². The molecule has 1 aliphatic rings. The predicted molar refractivity (Wildman–Crippen MR) is 121 cm³/mol. The monoisotopic (exact) mass is 404 g/mol. The van der Waals surface area contributed by atoms with Crippen molar-refractivity contribution >= 4 is 16.9 Å². The number of nitrogens with one attached hydrogen (secondary N) is 1. The standard InChI is InChI=1S/C25H32N4O/c1-7-20(16-10-12-18(13-11-16)25(3,4)5)27-24(30)19-14-21(17-8-9-17)26-23-22(19)15(2)28-29(23)6/h10-14,17,20H,7-9H2,1-6H3,(H,27,30). The highest BCUT2D eigenvalue weighted by atomic mass is 16.1. The molecule has 0 saturated heterocycles. The molecule has 30 heavy (non-hydrogen) atoms. The van der Waals surface area contributed by atoms with Crippen molar-refractivity contribution in [2.45, 2.75) is 71.3 Å². The molecule has 1 saturated carbocycles. The highest BCUT2D eigenvalue weighted by molar-refractivity contribution is 6.06. The zero-order chi connectivity index (χ0) is 21.6. The van der Waals surface area contributed by atoms with Crippen molar-refractivity contribution in [3.63, 3.8) is 0 Å². The number of rotatable bonds is 5. The Labute approximate surface area is 178 Å². The Morgan fingerprint density at radius 3 is 2.47 bits per heavy atom. The van der Waals surface area contributed by atoms with Crippen LogP contribution in [-0.4, -0.2) is 20.7 Å². The topological polar surface area (TPSA) is 59.8 Å². The highest BCUT2D eigenvalue weighted by Crippen LogP contribution is 2.40. The molecule has 2 aromatic heterocycles. The van der Waals surface area contributed by atoms with Gasteiger partial charge in [0, 0.05) is 18.7 Å². The lowest BCUT2D eigenvalue weighted by molar-refractivity contribution is 0.0937. The molecule has 1 aromatic carbocycles. The molecule has 0 spiro atoms. The van der Waals surface area contributed by atoms with Gasteiger partial charge in [0.05, 0.1) is 22.7 Å². The van der Waals surface area contributed by atoms with Gasteiger partial charge in [-0.05, 0) is 48.8 Å². The van der Waals surface area contributed by atoms with E-state index in [0.29, 0.717) is 11.5 Å². The summed E-state index contributed by atoms with van der Waals surface area (Å²) in [6.45, 7) is 10.7. The van der Waals surface area contributed by atoms with Crippen LogP contribution in [0.3, 0.4) is 0 Å². The van der Waals surface area contributed by atoms with Gasteiger partial charge in [0.2, 0.25) is 0 Å². The van der Waals surface area contributed by atoms with E-state index in [4.69, 9.17) is 4.98 Å². The minimum Gasteiger partial charge on any atom is -0.345 e. The fourth-order valence-corrected chi connectivity index (χ4v) is 4.10. The molecule has 1 aliphatic carbocycles. The Bertz CT molecular complexity index is 1090. The van der Waals surface area contributed by atoms with E-state index in [1.54, 1.807) is 4.68 Å². The number of amides is 1. The molecule has 1 N–H and O–H groups in total. The van der Waals surface area contributed by atoms with Gasteiger partial charge < -0.3 is 5.32 Å². The second-order valence-electron chi connectivity index (χ2n) is 9.58. The predicted octanol–water partition coefficient (Wildman–Crippen LogP) is 5.33. The number of fused-ring (bicyclic) bond motifs is 1. The van der Waals surface area contributed by atoms with Crippen LogP contribution in [0.2, 0.25) is 0 Å². The number of aromatic nitrogens is 3. The Kier molecular flexibility index (Phi) is 5.16. The molecule has 2 heterocycles. The van der Waals surface area contributed by atoms with Gasteiger partial charge >= 0.3 is 0 Å². The average Bonchev–Trinajstić information content (AvgIpc) is 3.51. The van der Waals surface area contributed by atoms with Crippen molar-refractivity contribution in [2.75, 3.05) is 0 Å². The first-order valence-corrected chi connectivity index (χ1v) is 10.9. The van der Waals surface area contributed by atoms with Crippen molar-refractivity contribution < 1.29 is 4.79 Å². The number of pyridine rings is 1. The van der Waals surface area contributed by atoms with Gasteiger partial charge in [-0.15, -0.1) is 0 Å². The normalized spacial score (nSPS) is 15.4. The first-order valence-electron chi connectivity index (χ1n) is 10.9. The molecule has 1 fully saturated rings. The third kappa shape index (κ3) is 3.85. The van der Waals surface area contributed by atoms with Crippen molar-refractivity contribution in [1.82, 2.24) is 20.1 Å². The molecule has 4 rings (SSSR count). The molecular weight excluding hydrogens is 372 g/mol. The molecule has 5 nitrogen and oxygen atoms in total. The van der Waals surface area contributed by atoms with Crippen molar-refractivity contribution in [3.05, 3.63) is 58.4 Å². The van der Waals surface area contributed by atoms with E-state index in [1.807, 2.05) is 20.0 Å². The smallest absolute Gasteiger partial charge is 0.252 e. The summed E-state index contributed by atoms with van der Waals surface area (Å²) in [5.74, 6) is 0.426. The van der Waals surface area contributed by atoms with E-state index in [1.165, 1.54) is 5.56 Å². The molecule has 1 atom stereocenters. The van der Waals surface area contributed by atoms with Gasteiger partial charge in [0.15, 0.2) is 5.65 Å². The molecule has 3 aromatic rings. The van der Waals surface area contributed by atoms with Crippen LogP contribution in [0.15, 0.2) is 30.3 Å². The second-order valence-corrected chi connectivity index (χ2v) is 9.58. The van der Waals surface area contributed by atoms with E-state index >= 15 is 0 Å². The van der Waals surface area contributed by atoms with Crippen molar-refractivity contribution in [1.29, 1.82) is 0 Å². The lowest BCUT2D eigenvalue weighted by atomic mass is 9.86. The summed E-state index contributed by atoms with van der Waals surface area (Å²) in [6, 6.07) is 10.6. The van der Waals surface area contributed by atoms with E-state index in [0.717, 1.165) is 47.2 Å². The summed E-state index contributed by atoms with van der Waals surface area (Å²) in [5, 5.41) is 8.65. The number of hydrogen-bond donors (Lipinski definition) is 1. The summed E-state index contributed by atoms with van der Waals surface area (Å²) in [6.07, 6.45) is 3.12. The first kappa shape index (κ1) is 20.6. The van der Waals surface area contributed by atoms with Crippen LogP contribution in [0.4, 0.5) is 0 Å². The van der Waals surface area contributed by atoms with Crippen molar-refractivity contribution in [3.8, 4) is 0 Å². The average molecular weight is 405 g/mol. The van der Waals surface area contributed by atoms with Gasteiger partial charge in [-0.2, -0.15) is 5.10 Å². The number of aryl methyl sites for hydroxylation is 2. The number of hydrogen-bond acceptors (Lipinski definition) is 3. The minimum atomic E-state index is -0.0489. The quantitative estimate of drug-likeness (QED) is 0.625. The molecule has 5 heteroatoms. The molecule has 0 bridgehead atoms. The number of benzene rings is 1. The van der Waals surface area contributed by atoms with Crippen LogP contribution in [0, 0.1) is 6.92 Å². The lowest BCUT2D eigenvalue weighted by Gasteiger charge is -2.22. The summed E-state index contributed by atoms with van der Waals surface area (Å²) >= 11 is 0. The summed E-state index contributed by atoms with van der Waals surface area (Å²) in [7, 11) is 1.90. The van der Waals surface area contributed by atoms with E-state index < -0.39 is 0 Å². The summed E-state index contributed by atoms with van der Waals surface area (Å²) < 4.78 is 1.79. The van der Waals surface area contributed by atoms with Crippen LogP contribution < -0.4 is 5.32 Å². The zero-order valence-corrected chi connectivity index (χ0v) is 18.9. The van der Waals surface area contributed by atoms with Crippen LogP contribution in [0.1, 0.15) is 91.8 Å². The van der Waals surface area contributed by atoms with Gasteiger partial charge in [-0.1, -0.05) is 52.0 Å². The Hall–Kier alpha value is -2.69. The van der Waals surface area contributed by atoms with Gasteiger partial charge in [-0.3, -0.25) is 9.48 Å². The van der Waals surface area contributed by atoms with Crippen LogP contribution in [0.5, 0.6) is 0 Å². The largest absolute Gasteiger partial charge is 0.345 e. The number of carbonyl (C=O) groups is 1. The van der Waals surface area contributed by atoms with Crippen LogP contribution in [-0.2, 0) is 12.5 Å². The maximum atomic E-state index is 13.4. The van der Waals surface area contributed by atoms with Gasteiger partial charge in [-0.25, -0.2) is 4.98 Å². The molecule has 1 amide bonds. The maximum Gasteiger partial charge on any atom is 0.252 e. The highest BCUT2D eigenvalue weighted by Gasteiger charge is 2.29. The van der Waals surface area contributed by atoms with Crippen LogP contribution in [0.25, 0.3) is 11.0 Å². The van der Waals surface area contributed by atoms with E-state index in [-0.39, 0.29) is 17.4 Å². The fraction of sp³-hybridized carbons (Fsp3) is 0.480. The third-order valence-corrected chi connectivity index (χ3v) is 6.12. The number of nitrogens with zero attached hydrogens (tertiary/aromatic N) is 3. The first-order chi connectivity index (χ1) is 14.2. The van der Waals surface area contributed by atoms with Crippen LogP contribution >= 0.6 is 0 Å². The SMILES string of the molecule is CCC(NC(=O)c1cc(C2CC2)nc2c1c(C)nn2C)c1ccc(C(C)(C)C)cc1. The second kappa shape index (κ2) is 7.53. The lowest BCUT2D eigenvalue weighted by Crippen LogP contribution is -2.28. The van der Waals surface area contributed by atoms with E-state index in [2.05, 4.69) is 62.4 Å². The Balaban J connectivity index is 1.66. The number of carbonyl (C=O) groups excluding carboxylic acids is 1. The van der Waals surface area contributed by atoms with Gasteiger partial charge in [0.1, 0.15) is 0 Å². The molecule has 158 valence electrons.